The molecule has 1 aromatic carbocycles. The lowest BCUT2D eigenvalue weighted by Crippen LogP contribution is -2.42. The van der Waals surface area contributed by atoms with Crippen LogP contribution in [-0.2, 0) is 0 Å². The van der Waals surface area contributed by atoms with Crippen LogP contribution in [-0.4, -0.2) is 32.3 Å². The van der Waals surface area contributed by atoms with Crippen molar-refractivity contribution < 1.29 is 14.3 Å². The van der Waals surface area contributed by atoms with Crippen molar-refractivity contribution in [2.75, 3.05) is 26.4 Å². The molecule has 2 aliphatic heterocycles. The molecule has 6 heteroatoms. The zero-order valence-corrected chi connectivity index (χ0v) is 12.8. The molecule has 3 rings (SSSR count). The van der Waals surface area contributed by atoms with Crippen LogP contribution in [0.4, 0.5) is 0 Å². The first-order valence-corrected chi connectivity index (χ1v) is 7.53. The van der Waals surface area contributed by atoms with Gasteiger partial charge in [-0.3, -0.25) is 4.79 Å². The van der Waals surface area contributed by atoms with Gasteiger partial charge >= 0.3 is 0 Å². The Morgan fingerprint density at radius 2 is 2.14 bits per heavy atom. The number of carbonyl (C=O) groups is 1. The van der Waals surface area contributed by atoms with Crippen LogP contribution in [0.2, 0.25) is 5.02 Å². The SMILES string of the molecule is CC1(CNC(=O)c2cc(Cl)c3c(c2)OCO3)CCNCC1. The summed E-state index contributed by atoms with van der Waals surface area (Å²) in [6.45, 7) is 5.02. The molecular weight excluding hydrogens is 292 g/mol. The number of rotatable bonds is 3. The van der Waals surface area contributed by atoms with Crippen molar-refractivity contribution in [3.05, 3.63) is 22.7 Å². The van der Waals surface area contributed by atoms with E-state index in [-0.39, 0.29) is 18.1 Å². The van der Waals surface area contributed by atoms with E-state index in [9.17, 15) is 4.79 Å². The summed E-state index contributed by atoms with van der Waals surface area (Å²) in [5.41, 5.74) is 0.655. The quantitative estimate of drug-likeness (QED) is 0.898. The number of halogens is 1. The third-order valence-corrected chi connectivity index (χ3v) is 4.46. The van der Waals surface area contributed by atoms with Crippen molar-refractivity contribution in [1.29, 1.82) is 0 Å². The van der Waals surface area contributed by atoms with Gasteiger partial charge in [-0.25, -0.2) is 0 Å². The van der Waals surface area contributed by atoms with Gasteiger partial charge in [0.25, 0.3) is 5.91 Å². The van der Waals surface area contributed by atoms with Gasteiger partial charge in [0.1, 0.15) is 0 Å². The fourth-order valence-corrected chi connectivity index (χ4v) is 2.97. The molecule has 0 bridgehead atoms. The standard InChI is InChI=1S/C15H19ClN2O3/c1-15(2-4-17-5-3-15)8-18-14(19)10-6-11(16)13-12(7-10)20-9-21-13/h6-7,17H,2-5,8-9H2,1H3,(H,18,19). The van der Waals surface area contributed by atoms with E-state index in [1.807, 2.05) is 0 Å². The number of amides is 1. The van der Waals surface area contributed by atoms with E-state index in [4.69, 9.17) is 21.1 Å². The molecule has 1 amide bonds. The fourth-order valence-electron chi connectivity index (χ4n) is 2.70. The van der Waals surface area contributed by atoms with Crippen molar-refractivity contribution in [2.45, 2.75) is 19.8 Å². The Bertz CT molecular complexity index is 556. The Morgan fingerprint density at radius 1 is 1.38 bits per heavy atom. The highest BCUT2D eigenvalue weighted by Gasteiger charge is 2.27. The third-order valence-electron chi connectivity index (χ3n) is 4.18. The summed E-state index contributed by atoms with van der Waals surface area (Å²) in [5, 5.41) is 6.75. The van der Waals surface area contributed by atoms with E-state index in [1.165, 1.54) is 0 Å². The largest absolute Gasteiger partial charge is 0.454 e. The molecule has 0 atom stereocenters. The summed E-state index contributed by atoms with van der Waals surface area (Å²) in [6.07, 6.45) is 2.13. The van der Waals surface area contributed by atoms with Crippen molar-refractivity contribution in [2.24, 2.45) is 5.41 Å². The van der Waals surface area contributed by atoms with Crippen LogP contribution in [0.25, 0.3) is 0 Å². The molecule has 0 spiro atoms. The van der Waals surface area contributed by atoms with Crippen LogP contribution in [0.3, 0.4) is 0 Å². The average molecular weight is 311 g/mol. The number of hydrogen-bond acceptors (Lipinski definition) is 4. The molecule has 21 heavy (non-hydrogen) atoms. The van der Waals surface area contributed by atoms with Gasteiger partial charge < -0.3 is 20.1 Å². The first kappa shape index (κ1) is 14.5. The zero-order chi connectivity index (χ0) is 14.9. The molecule has 1 saturated heterocycles. The van der Waals surface area contributed by atoms with Crippen molar-refractivity contribution in [1.82, 2.24) is 10.6 Å². The number of carbonyl (C=O) groups excluding carboxylic acids is 1. The van der Waals surface area contributed by atoms with Crippen LogP contribution < -0.4 is 20.1 Å². The predicted octanol–water partition coefficient (Wildman–Crippen LogP) is 2.19. The zero-order valence-electron chi connectivity index (χ0n) is 12.0. The van der Waals surface area contributed by atoms with E-state index < -0.39 is 0 Å². The van der Waals surface area contributed by atoms with Crippen molar-refractivity contribution in [3.63, 3.8) is 0 Å². The minimum absolute atomic E-state index is 0.130. The molecule has 1 aromatic rings. The van der Waals surface area contributed by atoms with Gasteiger partial charge in [0.15, 0.2) is 11.5 Å². The molecular formula is C15H19ClN2O3. The van der Waals surface area contributed by atoms with Crippen LogP contribution in [0.5, 0.6) is 11.5 Å². The normalized spacial score (nSPS) is 19.3. The van der Waals surface area contributed by atoms with E-state index in [0.717, 1.165) is 25.9 Å². The predicted molar refractivity (Wildman–Crippen MR) is 80.1 cm³/mol. The van der Waals surface area contributed by atoms with Gasteiger partial charge in [-0.1, -0.05) is 18.5 Å². The highest BCUT2D eigenvalue weighted by molar-refractivity contribution is 6.32. The van der Waals surface area contributed by atoms with Crippen LogP contribution >= 0.6 is 11.6 Å². The van der Waals surface area contributed by atoms with Gasteiger partial charge in [0.2, 0.25) is 6.79 Å². The van der Waals surface area contributed by atoms with Gasteiger partial charge in [-0.05, 0) is 43.5 Å². The van der Waals surface area contributed by atoms with E-state index in [0.29, 0.717) is 28.6 Å². The molecule has 5 nitrogen and oxygen atoms in total. The van der Waals surface area contributed by atoms with Gasteiger partial charge in [0.05, 0.1) is 5.02 Å². The molecule has 0 aliphatic carbocycles. The summed E-state index contributed by atoms with van der Waals surface area (Å²) in [7, 11) is 0. The summed E-state index contributed by atoms with van der Waals surface area (Å²) in [4.78, 5) is 12.3. The highest BCUT2D eigenvalue weighted by Crippen LogP contribution is 2.39. The first-order chi connectivity index (χ1) is 10.1. The second kappa shape index (κ2) is 5.73. The number of fused-ring (bicyclic) bond motifs is 1. The number of hydrogen-bond donors (Lipinski definition) is 2. The Morgan fingerprint density at radius 3 is 2.90 bits per heavy atom. The summed E-state index contributed by atoms with van der Waals surface area (Å²) in [5.74, 6) is 0.911. The minimum Gasteiger partial charge on any atom is -0.454 e. The lowest BCUT2D eigenvalue weighted by atomic mass is 9.81. The van der Waals surface area contributed by atoms with Gasteiger partial charge in [0, 0.05) is 12.1 Å². The Hall–Kier alpha value is -1.46. The number of ether oxygens (including phenoxy) is 2. The first-order valence-electron chi connectivity index (χ1n) is 7.15. The summed E-state index contributed by atoms with van der Waals surface area (Å²) >= 11 is 6.10. The van der Waals surface area contributed by atoms with Crippen LogP contribution in [0.15, 0.2) is 12.1 Å². The Balaban J connectivity index is 1.67. The van der Waals surface area contributed by atoms with Crippen LogP contribution in [0.1, 0.15) is 30.1 Å². The third kappa shape index (κ3) is 3.09. The topological polar surface area (TPSA) is 59.6 Å². The maximum Gasteiger partial charge on any atom is 0.251 e. The average Bonchev–Trinajstić information content (AvgIpc) is 2.94. The van der Waals surface area contributed by atoms with E-state index >= 15 is 0 Å². The van der Waals surface area contributed by atoms with Crippen molar-refractivity contribution >= 4 is 17.5 Å². The van der Waals surface area contributed by atoms with E-state index in [1.54, 1.807) is 12.1 Å². The van der Waals surface area contributed by atoms with E-state index in [2.05, 4.69) is 17.6 Å². The number of benzene rings is 1. The number of nitrogens with one attached hydrogen (secondary N) is 2. The van der Waals surface area contributed by atoms with Crippen molar-refractivity contribution in [3.8, 4) is 11.5 Å². The molecule has 2 N–H and O–H groups in total. The maximum atomic E-state index is 12.3. The molecule has 0 unspecified atom stereocenters. The number of piperidine rings is 1. The molecule has 114 valence electrons. The minimum atomic E-state index is -0.130. The molecule has 2 heterocycles. The highest BCUT2D eigenvalue weighted by atomic mass is 35.5. The molecule has 0 aromatic heterocycles. The molecule has 1 fully saturated rings. The summed E-state index contributed by atoms with van der Waals surface area (Å²) in [6, 6.07) is 3.30. The van der Waals surface area contributed by atoms with Crippen LogP contribution in [0, 0.1) is 5.41 Å². The molecule has 0 radical (unpaired) electrons. The summed E-state index contributed by atoms with van der Waals surface area (Å²) < 4.78 is 10.5. The smallest absolute Gasteiger partial charge is 0.251 e. The molecule has 2 aliphatic rings. The lowest BCUT2D eigenvalue weighted by molar-refractivity contribution is 0.0922. The second-order valence-electron chi connectivity index (χ2n) is 5.94. The van der Waals surface area contributed by atoms with Gasteiger partial charge in [-0.2, -0.15) is 0 Å². The lowest BCUT2D eigenvalue weighted by Gasteiger charge is -2.34. The maximum absolute atomic E-state index is 12.3. The molecule has 0 saturated carbocycles. The monoisotopic (exact) mass is 310 g/mol. The second-order valence-corrected chi connectivity index (χ2v) is 6.34. The Kier molecular flexibility index (Phi) is 3.95. The Labute approximate surface area is 128 Å². The fraction of sp³-hybridized carbons (Fsp3) is 0.533. The van der Waals surface area contributed by atoms with Gasteiger partial charge in [-0.15, -0.1) is 0 Å².